The molecule has 0 amide bonds. The number of hydrogen-bond donors (Lipinski definition) is 1. The molecule has 0 unspecified atom stereocenters. The highest BCUT2D eigenvalue weighted by Crippen LogP contribution is 2.25. The first-order valence-corrected chi connectivity index (χ1v) is 5.71. The highest BCUT2D eigenvalue weighted by molar-refractivity contribution is 9.10. The third-order valence-corrected chi connectivity index (χ3v) is 2.81. The van der Waals surface area contributed by atoms with Crippen molar-refractivity contribution in [2.75, 3.05) is 0 Å². The van der Waals surface area contributed by atoms with Gasteiger partial charge in [-0.2, -0.15) is 0 Å². The lowest BCUT2D eigenvalue weighted by Gasteiger charge is -1.97. The minimum atomic E-state index is -2.56. The predicted molar refractivity (Wildman–Crippen MR) is 54.8 cm³/mol. The third kappa shape index (κ3) is 2.78. The van der Waals surface area contributed by atoms with Crippen molar-refractivity contribution >= 4 is 32.3 Å². The number of nitro benzene ring substituents is 1. The molecular weight excluding hydrogens is 274 g/mol. The summed E-state index contributed by atoms with van der Waals surface area (Å²) in [5.41, 5.74) is 0.287. The maximum absolute atomic E-state index is 10.5. The van der Waals surface area contributed by atoms with E-state index in [1.54, 1.807) is 0 Å². The fraction of sp³-hybridized carbons (Fsp3) is 0.143. The molecular formula is C7H6BrNO4S. The van der Waals surface area contributed by atoms with Crippen LogP contribution in [-0.4, -0.2) is 13.3 Å². The molecule has 0 saturated heterocycles. The zero-order chi connectivity index (χ0) is 10.7. The summed E-state index contributed by atoms with van der Waals surface area (Å²) in [5, 5.41) is 10.5. The Labute approximate surface area is 90.0 Å². The first-order chi connectivity index (χ1) is 6.50. The smallest absolute Gasteiger partial charge is 0.258 e. The molecule has 0 fully saturated rings. The van der Waals surface area contributed by atoms with E-state index in [0.29, 0.717) is 10.0 Å². The van der Waals surface area contributed by atoms with Crippen molar-refractivity contribution in [3.63, 3.8) is 0 Å². The van der Waals surface area contributed by atoms with E-state index in [2.05, 4.69) is 15.9 Å². The topological polar surface area (TPSA) is 77.3 Å². The van der Waals surface area contributed by atoms with Crippen LogP contribution in [0, 0.1) is 10.1 Å². The van der Waals surface area contributed by atoms with Crippen LogP contribution in [0.5, 0.6) is 0 Å². The molecule has 76 valence electrons. The molecule has 0 aromatic heterocycles. The minimum absolute atomic E-state index is 0.126. The van der Waals surface area contributed by atoms with Gasteiger partial charge in [-0.3, -0.25) is 10.1 Å². The number of rotatable bonds is 3. The van der Waals surface area contributed by atoms with Gasteiger partial charge in [0.05, 0.1) is 15.1 Å². The van der Waals surface area contributed by atoms with E-state index >= 15 is 0 Å². The predicted octanol–water partition coefficient (Wildman–Crippen LogP) is 1.47. The zero-order valence-electron chi connectivity index (χ0n) is 6.84. The second-order valence-corrected chi connectivity index (χ2v) is 4.37. The Kier molecular flexibility index (Phi) is 3.59. The highest BCUT2D eigenvalue weighted by Gasteiger charge is 2.12. The summed E-state index contributed by atoms with van der Waals surface area (Å²) in [6.45, 7) is 0. The average molecular weight is 280 g/mol. The number of hydrogen-bond acceptors (Lipinski definition) is 4. The summed E-state index contributed by atoms with van der Waals surface area (Å²) in [5.74, 6) is -0.177. The first-order valence-electron chi connectivity index (χ1n) is 3.55. The molecule has 7 heteroatoms. The molecule has 0 N–H and O–H groups in total. The molecule has 0 saturated carbocycles. The molecule has 0 aliphatic rings. The summed E-state index contributed by atoms with van der Waals surface area (Å²) < 4.78 is 21.1. The van der Waals surface area contributed by atoms with Crippen molar-refractivity contribution in [2.24, 2.45) is 0 Å². The largest absolute Gasteiger partial charge is 0.283 e. The first kappa shape index (κ1) is 11.1. The van der Waals surface area contributed by atoms with Gasteiger partial charge in [0.1, 0.15) is 10.7 Å². The van der Waals surface area contributed by atoms with Crippen LogP contribution in [0.4, 0.5) is 5.69 Å². The van der Waals surface area contributed by atoms with E-state index in [4.69, 9.17) is 0 Å². The molecule has 1 rings (SSSR count). The Balaban J connectivity index is 3.12. The van der Waals surface area contributed by atoms with Crippen molar-refractivity contribution in [1.82, 2.24) is 0 Å². The number of nitro groups is 1. The monoisotopic (exact) mass is 279 g/mol. The zero-order valence-corrected chi connectivity index (χ0v) is 9.32. The van der Waals surface area contributed by atoms with Crippen LogP contribution >= 0.6 is 15.9 Å². The van der Waals surface area contributed by atoms with Crippen molar-refractivity contribution in [3.8, 4) is 0 Å². The standard InChI is InChI=1S/C7H6BrNO4S/c8-6-2-1-5(4-14(12)13)3-7(6)9(10)11/h1-3,14H,4H2. The summed E-state index contributed by atoms with van der Waals surface area (Å²) >= 11 is 3.00. The second-order valence-electron chi connectivity index (χ2n) is 2.53. The van der Waals surface area contributed by atoms with Crippen LogP contribution in [0.3, 0.4) is 0 Å². The fourth-order valence-electron chi connectivity index (χ4n) is 0.946. The van der Waals surface area contributed by atoms with Crippen molar-refractivity contribution in [1.29, 1.82) is 0 Å². The molecule has 0 bridgehead atoms. The van der Waals surface area contributed by atoms with E-state index in [1.165, 1.54) is 18.2 Å². The summed E-state index contributed by atoms with van der Waals surface area (Å²) in [6.07, 6.45) is 0. The van der Waals surface area contributed by atoms with Gasteiger partial charge in [-0.15, -0.1) is 0 Å². The van der Waals surface area contributed by atoms with E-state index < -0.39 is 15.6 Å². The molecule has 5 nitrogen and oxygen atoms in total. The van der Waals surface area contributed by atoms with Gasteiger partial charge in [0.15, 0.2) is 0 Å². The molecule has 0 heterocycles. The summed E-state index contributed by atoms with van der Waals surface area (Å²) in [4.78, 5) is 9.92. The van der Waals surface area contributed by atoms with Crippen molar-refractivity contribution in [2.45, 2.75) is 5.75 Å². The lowest BCUT2D eigenvalue weighted by atomic mass is 10.2. The van der Waals surface area contributed by atoms with E-state index in [-0.39, 0.29) is 11.4 Å². The molecule has 0 radical (unpaired) electrons. The maximum atomic E-state index is 10.5. The van der Waals surface area contributed by atoms with Crippen molar-refractivity contribution in [3.05, 3.63) is 38.3 Å². The van der Waals surface area contributed by atoms with Gasteiger partial charge < -0.3 is 0 Å². The molecule has 0 aliphatic heterocycles. The summed E-state index contributed by atoms with van der Waals surface area (Å²) in [7, 11) is -2.56. The summed E-state index contributed by atoms with van der Waals surface area (Å²) in [6, 6.07) is 4.24. The average Bonchev–Trinajstić information content (AvgIpc) is 2.07. The SMILES string of the molecule is O=[N+]([O-])c1cc(C[SH](=O)=O)ccc1Br. The molecule has 0 spiro atoms. The van der Waals surface area contributed by atoms with Crippen LogP contribution in [-0.2, 0) is 16.5 Å². The Morgan fingerprint density at radius 2 is 2.07 bits per heavy atom. The molecule has 1 aromatic rings. The quantitative estimate of drug-likeness (QED) is 0.516. The van der Waals surface area contributed by atoms with Crippen LogP contribution in [0.2, 0.25) is 0 Å². The van der Waals surface area contributed by atoms with Gasteiger partial charge in [-0.05, 0) is 27.6 Å². The normalized spacial score (nSPS) is 10.4. The second kappa shape index (κ2) is 4.52. The van der Waals surface area contributed by atoms with E-state index in [1.807, 2.05) is 0 Å². The lowest BCUT2D eigenvalue weighted by Crippen LogP contribution is -1.93. The van der Waals surface area contributed by atoms with Crippen LogP contribution < -0.4 is 0 Å². The number of halogens is 1. The third-order valence-electron chi connectivity index (χ3n) is 1.52. The Bertz CT molecular complexity index is 435. The number of thiol groups is 1. The van der Waals surface area contributed by atoms with Crippen molar-refractivity contribution < 1.29 is 13.3 Å². The highest BCUT2D eigenvalue weighted by atomic mass is 79.9. The molecule has 14 heavy (non-hydrogen) atoms. The van der Waals surface area contributed by atoms with Gasteiger partial charge in [-0.1, -0.05) is 6.07 Å². The van der Waals surface area contributed by atoms with E-state index in [0.717, 1.165) is 0 Å². The Morgan fingerprint density at radius 1 is 1.43 bits per heavy atom. The van der Waals surface area contributed by atoms with Gasteiger partial charge >= 0.3 is 0 Å². The molecule has 0 atom stereocenters. The fourth-order valence-corrected chi connectivity index (χ4v) is 1.83. The minimum Gasteiger partial charge on any atom is -0.258 e. The van der Waals surface area contributed by atoms with Gasteiger partial charge in [0.25, 0.3) is 5.69 Å². The van der Waals surface area contributed by atoms with Gasteiger partial charge in [0, 0.05) is 6.07 Å². The molecule has 0 aliphatic carbocycles. The number of nitrogens with zero attached hydrogens (tertiary/aromatic N) is 1. The Hall–Kier alpha value is -0.950. The molecule has 1 aromatic carbocycles. The van der Waals surface area contributed by atoms with Gasteiger partial charge in [0.2, 0.25) is 0 Å². The van der Waals surface area contributed by atoms with Gasteiger partial charge in [-0.25, -0.2) is 8.42 Å². The lowest BCUT2D eigenvalue weighted by molar-refractivity contribution is -0.385. The Morgan fingerprint density at radius 3 is 2.57 bits per heavy atom. The van der Waals surface area contributed by atoms with Crippen LogP contribution in [0.1, 0.15) is 5.56 Å². The van der Waals surface area contributed by atoms with E-state index in [9.17, 15) is 18.5 Å². The van der Waals surface area contributed by atoms with Crippen LogP contribution in [0.15, 0.2) is 22.7 Å². The van der Waals surface area contributed by atoms with Crippen LogP contribution in [0.25, 0.3) is 0 Å². The number of benzene rings is 1. The maximum Gasteiger partial charge on any atom is 0.283 e.